The molecule has 2 aliphatic rings. The van der Waals surface area contributed by atoms with E-state index in [2.05, 4.69) is 38.5 Å². The zero-order valence-corrected chi connectivity index (χ0v) is 26.3. The number of fused-ring (bicyclic) bond motifs is 2. The summed E-state index contributed by atoms with van der Waals surface area (Å²) in [6.07, 6.45) is 9.39. The van der Waals surface area contributed by atoms with Crippen LogP contribution in [-0.2, 0) is 27.8 Å². The van der Waals surface area contributed by atoms with E-state index in [4.69, 9.17) is 0 Å². The number of aromatic nitrogens is 1. The van der Waals surface area contributed by atoms with Gasteiger partial charge in [-0.2, -0.15) is 0 Å². The van der Waals surface area contributed by atoms with E-state index in [9.17, 15) is 13.2 Å². The summed E-state index contributed by atoms with van der Waals surface area (Å²) >= 11 is 1.53. The molecule has 1 aromatic heterocycles. The largest absolute Gasteiger partial charge is 0.349 e. The Morgan fingerprint density at radius 3 is 2.60 bits per heavy atom. The van der Waals surface area contributed by atoms with Crippen molar-refractivity contribution in [2.24, 2.45) is 0 Å². The number of aryl methyl sites for hydroxylation is 2. The second kappa shape index (κ2) is 13.3. The number of hydrogen-bond donors (Lipinski definition) is 3. The van der Waals surface area contributed by atoms with Gasteiger partial charge in [-0.3, -0.25) is 4.79 Å². The van der Waals surface area contributed by atoms with Gasteiger partial charge in [0.1, 0.15) is 0 Å². The second-order valence-corrected chi connectivity index (χ2v) is 14.9. The second-order valence-electron chi connectivity index (χ2n) is 11.9. The molecule has 226 valence electrons. The minimum Gasteiger partial charge on any atom is -0.349 e. The van der Waals surface area contributed by atoms with Crippen LogP contribution in [0.5, 0.6) is 0 Å². The predicted octanol–water partition coefficient (Wildman–Crippen LogP) is 6.63. The first-order valence-electron chi connectivity index (χ1n) is 15.4. The Morgan fingerprint density at radius 1 is 0.977 bits per heavy atom. The summed E-state index contributed by atoms with van der Waals surface area (Å²) in [5.74, 6) is -0.178. The summed E-state index contributed by atoms with van der Waals surface area (Å²) in [6.45, 7) is 2.78. The third kappa shape index (κ3) is 7.34. The van der Waals surface area contributed by atoms with E-state index >= 15 is 0 Å². The van der Waals surface area contributed by atoms with Crippen LogP contribution in [0.15, 0.2) is 71.6 Å². The third-order valence-corrected chi connectivity index (χ3v) is 11.1. The van der Waals surface area contributed by atoms with Crippen molar-refractivity contribution < 1.29 is 13.2 Å². The number of carbonyl (C=O) groups excluding carboxylic acids is 1. The topological polar surface area (TPSA) is 100 Å². The van der Waals surface area contributed by atoms with Gasteiger partial charge in [-0.05, 0) is 79.5 Å². The number of rotatable bonds is 10. The first kappa shape index (κ1) is 29.9. The fourth-order valence-electron chi connectivity index (χ4n) is 6.49. The van der Waals surface area contributed by atoms with E-state index in [0.29, 0.717) is 11.6 Å². The standard InChI is InChI=1S/C34H40N4O3S2/c1-23-36-32-20-28(16-18-33(32)42-23)43(40,41)38-31(25-9-4-2-5-10-25)21-34(39)37-30-14-8-11-26-19-24(15-17-29(26)30)22-35-27-12-6-3-7-13-27/h2,4-5,9-10,15-20,27,30-31,35,38H,3,6-8,11-14,21-22H2,1H3,(H,37,39)/t30-,31-/m1/s1. The van der Waals surface area contributed by atoms with Crippen molar-refractivity contribution in [1.29, 1.82) is 0 Å². The minimum atomic E-state index is -3.91. The molecule has 2 aliphatic carbocycles. The van der Waals surface area contributed by atoms with Crippen molar-refractivity contribution >= 4 is 37.5 Å². The normalized spacial score (nSPS) is 18.3. The van der Waals surface area contributed by atoms with Gasteiger partial charge in [0.05, 0.1) is 32.2 Å². The van der Waals surface area contributed by atoms with Crippen LogP contribution >= 0.6 is 11.3 Å². The molecule has 43 heavy (non-hydrogen) atoms. The van der Waals surface area contributed by atoms with Crippen LogP contribution in [0.1, 0.15) is 90.7 Å². The molecule has 2 atom stereocenters. The number of nitrogens with zero attached hydrogens (tertiary/aromatic N) is 1. The number of amides is 1. The van der Waals surface area contributed by atoms with Gasteiger partial charge in [0, 0.05) is 19.0 Å². The first-order chi connectivity index (χ1) is 20.8. The molecule has 0 spiro atoms. The average Bonchev–Trinajstić information content (AvgIpc) is 3.40. The van der Waals surface area contributed by atoms with Gasteiger partial charge in [-0.15, -0.1) is 11.3 Å². The molecule has 0 bridgehead atoms. The number of hydrogen-bond acceptors (Lipinski definition) is 6. The monoisotopic (exact) mass is 616 g/mol. The van der Waals surface area contributed by atoms with Crippen LogP contribution in [0, 0.1) is 6.92 Å². The minimum absolute atomic E-state index is 0.00345. The lowest BCUT2D eigenvalue weighted by molar-refractivity contribution is -0.122. The molecule has 0 radical (unpaired) electrons. The van der Waals surface area contributed by atoms with E-state index in [1.165, 1.54) is 60.1 Å². The molecule has 1 fully saturated rings. The van der Waals surface area contributed by atoms with E-state index in [-0.39, 0.29) is 23.3 Å². The summed E-state index contributed by atoms with van der Waals surface area (Å²) in [6, 6.07) is 20.8. The Bertz CT molecular complexity index is 1680. The van der Waals surface area contributed by atoms with Crippen LogP contribution < -0.4 is 15.4 Å². The molecule has 1 heterocycles. The van der Waals surface area contributed by atoms with Crippen LogP contribution in [-0.4, -0.2) is 25.4 Å². The molecule has 3 aromatic carbocycles. The van der Waals surface area contributed by atoms with Crippen molar-refractivity contribution in [3.8, 4) is 0 Å². The quantitative estimate of drug-likeness (QED) is 0.186. The summed E-state index contributed by atoms with van der Waals surface area (Å²) in [5, 5.41) is 7.85. The van der Waals surface area contributed by atoms with Gasteiger partial charge in [0.2, 0.25) is 15.9 Å². The number of carbonyl (C=O) groups is 1. The van der Waals surface area contributed by atoms with E-state index < -0.39 is 16.1 Å². The fraction of sp³-hybridized carbons (Fsp3) is 0.412. The molecule has 7 nitrogen and oxygen atoms in total. The van der Waals surface area contributed by atoms with Crippen LogP contribution in [0.25, 0.3) is 10.2 Å². The lowest BCUT2D eigenvalue weighted by Crippen LogP contribution is -2.36. The molecule has 6 rings (SSSR count). The SMILES string of the molecule is Cc1nc2cc(S(=O)(=O)N[C@H](CC(=O)N[C@@H]3CCCc4cc(CNC5CCCCC5)ccc43)c3ccccc3)ccc2s1. The number of thiazole rings is 1. The maximum absolute atomic E-state index is 13.5. The van der Waals surface area contributed by atoms with E-state index in [1.54, 1.807) is 18.2 Å². The summed E-state index contributed by atoms with van der Waals surface area (Å²) < 4.78 is 30.8. The molecule has 3 N–H and O–H groups in total. The van der Waals surface area contributed by atoms with Crippen LogP contribution in [0.3, 0.4) is 0 Å². The van der Waals surface area contributed by atoms with E-state index in [1.807, 2.05) is 37.3 Å². The average molecular weight is 617 g/mol. The summed E-state index contributed by atoms with van der Waals surface area (Å²) in [4.78, 5) is 18.1. The maximum Gasteiger partial charge on any atom is 0.241 e. The Kier molecular flexibility index (Phi) is 9.23. The molecule has 9 heteroatoms. The molecular weight excluding hydrogens is 577 g/mol. The fourth-order valence-corrected chi connectivity index (χ4v) is 8.54. The number of benzene rings is 3. The van der Waals surface area contributed by atoms with Crippen LogP contribution in [0.2, 0.25) is 0 Å². The predicted molar refractivity (Wildman–Crippen MR) is 172 cm³/mol. The zero-order valence-electron chi connectivity index (χ0n) is 24.6. The van der Waals surface area contributed by atoms with Crippen molar-refractivity contribution in [2.75, 3.05) is 0 Å². The van der Waals surface area contributed by atoms with Gasteiger partial charge in [-0.25, -0.2) is 18.1 Å². The highest BCUT2D eigenvalue weighted by Crippen LogP contribution is 2.32. The highest BCUT2D eigenvalue weighted by atomic mass is 32.2. The Balaban J connectivity index is 1.14. The lowest BCUT2D eigenvalue weighted by atomic mass is 9.86. The highest BCUT2D eigenvalue weighted by molar-refractivity contribution is 7.89. The van der Waals surface area contributed by atoms with Gasteiger partial charge in [0.25, 0.3) is 0 Å². The van der Waals surface area contributed by atoms with Crippen molar-refractivity contribution in [1.82, 2.24) is 20.3 Å². The van der Waals surface area contributed by atoms with Crippen molar-refractivity contribution in [3.63, 3.8) is 0 Å². The maximum atomic E-state index is 13.5. The number of sulfonamides is 1. The molecule has 4 aromatic rings. The molecule has 0 aliphatic heterocycles. The zero-order chi connectivity index (χ0) is 29.8. The molecule has 0 unspecified atom stereocenters. The molecule has 1 amide bonds. The van der Waals surface area contributed by atoms with Crippen molar-refractivity contribution in [3.05, 3.63) is 94.0 Å². The first-order valence-corrected chi connectivity index (χ1v) is 17.7. The van der Waals surface area contributed by atoms with E-state index in [0.717, 1.165) is 41.1 Å². The van der Waals surface area contributed by atoms with Gasteiger partial charge < -0.3 is 10.6 Å². The van der Waals surface area contributed by atoms with Gasteiger partial charge in [0.15, 0.2) is 0 Å². The summed E-state index contributed by atoms with van der Waals surface area (Å²) in [5.41, 5.74) is 5.16. The van der Waals surface area contributed by atoms with Crippen LogP contribution in [0.4, 0.5) is 0 Å². The highest BCUT2D eigenvalue weighted by Gasteiger charge is 2.27. The van der Waals surface area contributed by atoms with Crippen molar-refractivity contribution in [2.45, 2.75) is 94.3 Å². The molecule has 0 saturated heterocycles. The third-order valence-electron chi connectivity index (χ3n) is 8.72. The lowest BCUT2D eigenvalue weighted by Gasteiger charge is -2.28. The number of nitrogens with one attached hydrogen (secondary N) is 3. The Labute approximate surface area is 258 Å². The Morgan fingerprint density at radius 2 is 1.79 bits per heavy atom. The Hall–Kier alpha value is -3.11. The summed E-state index contributed by atoms with van der Waals surface area (Å²) in [7, 11) is -3.91. The smallest absolute Gasteiger partial charge is 0.241 e. The van der Waals surface area contributed by atoms with Gasteiger partial charge in [-0.1, -0.05) is 67.8 Å². The molecule has 1 saturated carbocycles. The molecular formula is C34H40N4O3S2. The van der Waals surface area contributed by atoms with Gasteiger partial charge >= 0.3 is 0 Å².